The van der Waals surface area contributed by atoms with E-state index in [0.717, 1.165) is 5.56 Å². The Kier molecular flexibility index (Phi) is 5.06. The molecule has 102 valence electrons. The highest BCUT2D eigenvalue weighted by Gasteiger charge is 2.22. The molecule has 2 rings (SSSR count). The zero-order valence-corrected chi connectivity index (χ0v) is 13.9. The summed E-state index contributed by atoms with van der Waals surface area (Å²) >= 11 is 12.6. The molecule has 1 aromatic carbocycles. The number of rotatable bonds is 4. The van der Waals surface area contributed by atoms with Crippen LogP contribution in [-0.4, -0.2) is 6.54 Å². The van der Waals surface area contributed by atoms with Crippen LogP contribution in [0.25, 0.3) is 0 Å². The highest BCUT2D eigenvalue weighted by molar-refractivity contribution is 9.10. The second kappa shape index (κ2) is 6.39. The monoisotopic (exact) mass is 409 g/mol. The van der Waals surface area contributed by atoms with Gasteiger partial charge in [-0.3, -0.25) is 0 Å². The van der Waals surface area contributed by atoms with Gasteiger partial charge in [0.2, 0.25) is 0 Å². The number of hydrogen-bond donors (Lipinski definition) is 1. The Labute approximate surface area is 132 Å². The lowest BCUT2D eigenvalue weighted by atomic mass is 10.0. The molecule has 0 radical (unpaired) electrons. The van der Waals surface area contributed by atoms with Crippen LogP contribution in [-0.2, 0) is 0 Å². The lowest BCUT2D eigenvalue weighted by Crippen LogP contribution is -2.23. The van der Waals surface area contributed by atoms with Crippen molar-refractivity contribution in [2.24, 2.45) is 0 Å². The van der Waals surface area contributed by atoms with Crippen LogP contribution < -0.4 is 5.32 Å². The van der Waals surface area contributed by atoms with Gasteiger partial charge in [-0.25, -0.2) is 4.39 Å². The molecule has 1 unspecified atom stereocenters. The standard InChI is InChI=1S/C13H11Br2ClFNO/c1-2-18-12(7-3-4-19-13(7)15)8-5-10(16)9(14)6-11(8)17/h3-6,12,18H,2H2,1H3. The molecular weight excluding hydrogens is 400 g/mol. The first-order chi connectivity index (χ1) is 9.04. The average molecular weight is 411 g/mol. The predicted molar refractivity (Wildman–Crippen MR) is 81.0 cm³/mol. The molecule has 6 heteroatoms. The molecule has 0 amide bonds. The minimum atomic E-state index is -0.324. The van der Waals surface area contributed by atoms with Gasteiger partial charge in [0.1, 0.15) is 5.82 Å². The van der Waals surface area contributed by atoms with Crippen molar-refractivity contribution in [1.29, 1.82) is 0 Å². The van der Waals surface area contributed by atoms with E-state index in [1.165, 1.54) is 6.07 Å². The largest absolute Gasteiger partial charge is 0.457 e. The molecule has 2 aromatic rings. The van der Waals surface area contributed by atoms with Crippen molar-refractivity contribution in [1.82, 2.24) is 5.32 Å². The van der Waals surface area contributed by atoms with E-state index in [2.05, 4.69) is 37.2 Å². The minimum Gasteiger partial charge on any atom is -0.457 e. The first-order valence-corrected chi connectivity index (χ1v) is 7.61. The normalized spacial score (nSPS) is 12.7. The molecule has 19 heavy (non-hydrogen) atoms. The van der Waals surface area contributed by atoms with Crippen molar-refractivity contribution in [2.75, 3.05) is 6.54 Å². The van der Waals surface area contributed by atoms with E-state index in [4.69, 9.17) is 16.0 Å². The van der Waals surface area contributed by atoms with Crippen molar-refractivity contribution in [3.8, 4) is 0 Å². The number of hydrogen-bond acceptors (Lipinski definition) is 2. The van der Waals surface area contributed by atoms with Crippen molar-refractivity contribution in [2.45, 2.75) is 13.0 Å². The number of benzene rings is 1. The Hall–Kier alpha value is -0.360. The van der Waals surface area contributed by atoms with Crippen LogP contribution in [0.2, 0.25) is 5.02 Å². The maximum atomic E-state index is 14.2. The van der Waals surface area contributed by atoms with E-state index in [-0.39, 0.29) is 11.9 Å². The lowest BCUT2D eigenvalue weighted by Gasteiger charge is -2.19. The van der Waals surface area contributed by atoms with Gasteiger partial charge in [-0.1, -0.05) is 18.5 Å². The van der Waals surface area contributed by atoms with Crippen molar-refractivity contribution in [3.63, 3.8) is 0 Å². The van der Waals surface area contributed by atoms with E-state index >= 15 is 0 Å². The summed E-state index contributed by atoms with van der Waals surface area (Å²) in [5.74, 6) is -0.324. The lowest BCUT2D eigenvalue weighted by molar-refractivity contribution is 0.518. The molecule has 0 spiro atoms. The van der Waals surface area contributed by atoms with Gasteiger partial charge >= 0.3 is 0 Å². The Morgan fingerprint density at radius 2 is 2.11 bits per heavy atom. The van der Waals surface area contributed by atoms with Gasteiger partial charge in [-0.05, 0) is 56.6 Å². The quantitative estimate of drug-likeness (QED) is 0.691. The van der Waals surface area contributed by atoms with Gasteiger partial charge in [-0.15, -0.1) is 0 Å². The van der Waals surface area contributed by atoms with Gasteiger partial charge in [0.25, 0.3) is 0 Å². The first-order valence-electron chi connectivity index (χ1n) is 5.65. The third kappa shape index (κ3) is 3.21. The average Bonchev–Trinajstić information content (AvgIpc) is 2.77. The number of halogens is 4. The molecule has 0 aliphatic rings. The summed E-state index contributed by atoms with van der Waals surface area (Å²) in [6.07, 6.45) is 1.56. The molecule has 0 saturated heterocycles. The fourth-order valence-electron chi connectivity index (χ4n) is 1.86. The predicted octanol–water partition coefficient (Wildman–Crippen LogP) is 5.30. The van der Waals surface area contributed by atoms with Gasteiger partial charge in [-0.2, -0.15) is 0 Å². The third-order valence-corrected chi connectivity index (χ3v) is 4.56. The summed E-state index contributed by atoms with van der Waals surface area (Å²) in [7, 11) is 0. The van der Waals surface area contributed by atoms with E-state index in [1.807, 2.05) is 6.92 Å². The summed E-state index contributed by atoms with van der Waals surface area (Å²) in [4.78, 5) is 0. The molecule has 1 heterocycles. The SMILES string of the molecule is CCNC(c1cc(Cl)c(Br)cc1F)c1ccoc1Br. The second-order valence-electron chi connectivity index (χ2n) is 3.93. The summed E-state index contributed by atoms with van der Waals surface area (Å²) in [6.45, 7) is 2.65. The van der Waals surface area contributed by atoms with Crippen LogP contribution in [0.3, 0.4) is 0 Å². The third-order valence-electron chi connectivity index (χ3n) is 2.72. The maximum Gasteiger partial charge on any atom is 0.174 e. The van der Waals surface area contributed by atoms with Crippen LogP contribution in [0.5, 0.6) is 0 Å². The number of furan rings is 1. The topological polar surface area (TPSA) is 25.2 Å². The van der Waals surface area contributed by atoms with Gasteiger partial charge in [0.05, 0.1) is 17.3 Å². The Bertz CT molecular complexity index is 588. The Morgan fingerprint density at radius 3 is 2.68 bits per heavy atom. The highest BCUT2D eigenvalue weighted by Crippen LogP contribution is 2.34. The van der Waals surface area contributed by atoms with Crippen molar-refractivity contribution in [3.05, 3.63) is 55.6 Å². The fraction of sp³-hybridized carbons (Fsp3) is 0.231. The molecule has 1 aromatic heterocycles. The van der Waals surface area contributed by atoms with E-state index in [1.54, 1.807) is 18.4 Å². The van der Waals surface area contributed by atoms with Crippen LogP contribution in [0.1, 0.15) is 24.1 Å². The van der Waals surface area contributed by atoms with Crippen molar-refractivity contribution >= 4 is 43.5 Å². The van der Waals surface area contributed by atoms with Crippen molar-refractivity contribution < 1.29 is 8.81 Å². The molecule has 1 atom stereocenters. The Morgan fingerprint density at radius 1 is 1.37 bits per heavy atom. The molecule has 0 aliphatic heterocycles. The molecular formula is C13H11Br2ClFNO. The summed E-state index contributed by atoms with van der Waals surface area (Å²) in [5, 5.41) is 3.70. The van der Waals surface area contributed by atoms with Crippen LogP contribution in [0, 0.1) is 5.82 Å². The van der Waals surface area contributed by atoms with E-state index in [0.29, 0.717) is 26.3 Å². The zero-order chi connectivity index (χ0) is 14.0. The summed E-state index contributed by atoms with van der Waals surface area (Å²) in [6, 6.07) is 4.47. The van der Waals surface area contributed by atoms with Crippen LogP contribution in [0.4, 0.5) is 4.39 Å². The second-order valence-corrected chi connectivity index (χ2v) is 5.91. The minimum absolute atomic E-state index is 0.316. The van der Waals surface area contributed by atoms with E-state index < -0.39 is 0 Å². The summed E-state index contributed by atoms with van der Waals surface area (Å²) < 4.78 is 20.5. The molecule has 0 bridgehead atoms. The molecule has 0 aliphatic carbocycles. The van der Waals surface area contributed by atoms with Gasteiger partial charge in [0.15, 0.2) is 4.67 Å². The Balaban J connectivity index is 2.51. The molecule has 2 nitrogen and oxygen atoms in total. The van der Waals surface area contributed by atoms with Crippen LogP contribution in [0.15, 0.2) is 38.0 Å². The first kappa shape index (κ1) is 15.0. The zero-order valence-electron chi connectivity index (χ0n) is 10.0. The summed E-state index contributed by atoms with van der Waals surface area (Å²) in [5.41, 5.74) is 1.32. The molecule has 0 fully saturated rings. The molecule has 1 N–H and O–H groups in total. The molecule has 0 saturated carbocycles. The highest BCUT2D eigenvalue weighted by atomic mass is 79.9. The van der Waals surface area contributed by atoms with Gasteiger partial charge < -0.3 is 9.73 Å². The van der Waals surface area contributed by atoms with Crippen LogP contribution >= 0.6 is 43.5 Å². The fourth-order valence-corrected chi connectivity index (χ4v) is 2.82. The van der Waals surface area contributed by atoms with E-state index in [9.17, 15) is 4.39 Å². The number of nitrogens with one attached hydrogen (secondary N) is 1. The van der Waals surface area contributed by atoms with Gasteiger partial charge in [0, 0.05) is 15.6 Å². The maximum absolute atomic E-state index is 14.2. The smallest absolute Gasteiger partial charge is 0.174 e.